The molecule has 1 N–H and O–H groups in total. The smallest absolute Gasteiger partial charge is 0.193 e. The van der Waals surface area contributed by atoms with Gasteiger partial charge in [-0.1, -0.05) is 17.7 Å². The lowest BCUT2D eigenvalue weighted by atomic mass is 10.3. The van der Waals surface area contributed by atoms with Gasteiger partial charge in [-0.25, -0.2) is 0 Å². The highest BCUT2D eigenvalue weighted by Gasteiger charge is 2.06. The fraction of sp³-hybridized carbons (Fsp3) is 0.333. The summed E-state index contributed by atoms with van der Waals surface area (Å²) in [6.07, 6.45) is 0. The quantitative estimate of drug-likeness (QED) is 0.394. The second kappa shape index (κ2) is 11.1. The number of pyridine rings is 1. The Morgan fingerprint density at radius 1 is 1.24 bits per heavy atom. The van der Waals surface area contributed by atoms with Crippen LogP contribution < -0.4 is 10.1 Å². The van der Waals surface area contributed by atoms with Crippen LogP contribution in [0.15, 0.2) is 47.5 Å². The molecule has 25 heavy (non-hydrogen) atoms. The van der Waals surface area contributed by atoms with Crippen molar-refractivity contribution in [2.24, 2.45) is 4.99 Å². The van der Waals surface area contributed by atoms with Crippen LogP contribution in [0.3, 0.4) is 0 Å². The maximum Gasteiger partial charge on any atom is 0.193 e. The molecule has 0 saturated heterocycles. The van der Waals surface area contributed by atoms with E-state index in [2.05, 4.69) is 15.3 Å². The average Bonchev–Trinajstić information content (AvgIpc) is 2.57. The summed E-state index contributed by atoms with van der Waals surface area (Å²) in [7, 11) is 3.74. The number of guanidine groups is 1. The van der Waals surface area contributed by atoms with Crippen LogP contribution in [0.2, 0.25) is 5.02 Å². The van der Waals surface area contributed by atoms with E-state index in [1.54, 1.807) is 7.05 Å². The number of aromatic nitrogens is 1. The number of nitrogens with zero attached hydrogens (tertiary/aromatic N) is 3. The first-order valence-electron chi connectivity index (χ1n) is 7.81. The van der Waals surface area contributed by atoms with Crippen LogP contribution in [-0.4, -0.2) is 43.1 Å². The van der Waals surface area contributed by atoms with E-state index >= 15 is 0 Å². The molecule has 1 aromatic carbocycles. The maximum atomic E-state index is 5.86. The first-order chi connectivity index (χ1) is 11.6. The highest BCUT2D eigenvalue weighted by Crippen LogP contribution is 2.15. The number of hydrogen-bond donors (Lipinski definition) is 1. The Balaban J connectivity index is 0.00000312. The first kappa shape index (κ1) is 21.5. The molecule has 0 amide bonds. The average molecular weight is 475 g/mol. The maximum absolute atomic E-state index is 5.86. The minimum absolute atomic E-state index is 0. The van der Waals surface area contributed by atoms with Gasteiger partial charge in [-0.15, -0.1) is 24.0 Å². The molecule has 2 aromatic rings. The van der Waals surface area contributed by atoms with Crippen molar-refractivity contribution in [2.45, 2.75) is 13.5 Å². The van der Waals surface area contributed by atoms with Crippen molar-refractivity contribution in [3.05, 3.63) is 58.9 Å². The first-order valence-corrected chi connectivity index (χ1v) is 8.19. The van der Waals surface area contributed by atoms with Crippen molar-refractivity contribution >= 4 is 41.5 Å². The molecule has 0 aliphatic carbocycles. The summed E-state index contributed by atoms with van der Waals surface area (Å²) < 4.78 is 5.71. The lowest BCUT2D eigenvalue weighted by Gasteiger charge is -2.22. The number of hydrogen-bond acceptors (Lipinski definition) is 3. The Hall–Kier alpha value is -1.54. The number of aliphatic imine (C=N–C) groups is 1. The molecule has 0 bridgehead atoms. The molecule has 0 atom stereocenters. The second-order valence-corrected chi connectivity index (χ2v) is 5.83. The molecule has 136 valence electrons. The van der Waals surface area contributed by atoms with Crippen LogP contribution in [0.5, 0.6) is 5.75 Å². The van der Waals surface area contributed by atoms with Crippen LogP contribution in [0.25, 0.3) is 0 Å². The van der Waals surface area contributed by atoms with Gasteiger partial charge in [0.15, 0.2) is 5.96 Å². The number of nitrogens with one attached hydrogen (secondary N) is 1. The molecule has 2 rings (SSSR count). The summed E-state index contributed by atoms with van der Waals surface area (Å²) >= 11 is 5.86. The van der Waals surface area contributed by atoms with Gasteiger partial charge in [-0.2, -0.15) is 0 Å². The zero-order chi connectivity index (χ0) is 17.4. The third-order valence-corrected chi connectivity index (χ3v) is 3.71. The third kappa shape index (κ3) is 7.48. The molecular weight excluding hydrogens is 451 g/mol. The summed E-state index contributed by atoms with van der Waals surface area (Å²) in [5.41, 5.74) is 2.00. The molecule has 0 aliphatic rings. The number of halogens is 2. The van der Waals surface area contributed by atoms with E-state index in [1.807, 2.05) is 61.3 Å². The topological polar surface area (TPSA) is 49.8 Å². The van der Waals surface area contributed by atoms with Crippen LogP contribution in [0.1, 0.15) is 11.4 Å². The molecule has 0 radical (unpaired) electrons. The zero-order valence-corrected chi connectivity index (χ0v) is 17.8. The fourth-order valence-corrected chi connectivity index (χ4v) is 2.32. The predicted octanol–water partition coefficient (Wildman–Crippen LogP) is 3.75. The van der Waals surface area contributed by atoms with Crippen LogP contribution in [0, 0.1) is 6.92 Å². The minimum atomic E-state index is 0. The molecule has 0 fully saturated rings. The summed E-state index contributed by atoms with van der Waals surface area (Å²) in [4.78, 5) is 10.8. The Bertz CT molecular complexity index is 679. The van der Waals surface area contributed by atoms with Crippen molar-refractivity contribution in [3.8, 4) is 5.75 Å². The fourth-order valence-electron chi connectivity index (χ4n) is 2.19. The molecule has 0 aliphatic heterocycles. The second-order valence-electron chi connectivity index (χ2n) is 5.40. The number of rotatable bonds is 6. The summed E-state index contributed by atoms with van der Waals surface area (Å²) in [5.74, 6) is 1.61. The molecule has 1 heterocycles. The Labute approximate surface area is 171 Å². The molecule has 0 spiro atoms. The third-order valence-electron chi connectivity index (χ3n) is 3.46. The number of likely N-dealkylation sites (N-methyl/N-ethyl adjacent to an activating group) is 1. The summed E-state index contributed by atoms with van der Waals surface area (Å²) in [6, 6.07) is 13.3. The summed E-state index contributed by atoms with van der Waals surface area (Å²) in [6.45, 7) is 3.89. The van der Waals surface area contributed by atoms with Gasteiger partial charge in [0, 0.05) is 24.8 Å². The van der Waals surface area contributed by atoms with Gasteiger partial charge in [-0.05, 0) is 43.3 Å². The van der Waals surface area contributed by atoms with Gasteiger partial charge < -0.3 is 15.0 Å². The Kier molecular flexibility index (Phi) is 9.59. The number of aryl methyl sites for hydroxylation is 1. The summed E-state index contributed by atoms with van der Waals surface area (Å²) in [5, 5.41) is 4.01. The van der Waals surface area contributed by atoms with Crippen molar-refractivity contribution in [2.75, 3.05) is 27.2 Å². The highest BCUT2D eigenvalue weighted by atomic mass is 127. The van der Waals surface area contributed by atoms with Crippen molar-refractivity contribution < 1.29 is 4.74 Å². The zero-order valence-electron chi connectivity index (χ0n) is 14.7. The molecule has 1 aromatic heterocycles. The molecule has 0 unspecified atom stereocenters. The highest BCUT2D eigenvalue weighted by molar-refractivity contribution is 14.0. The van der Waals surface area contributed by atoms with Gasteiger partial charge in [0.05, 0.1) is 18.8 Å². The monoisotopic (exact) mass is 474 g/mol. The van der Waals surface area contributed by atoms with E-state index in [0.717, 1.165) is 23.1 Å². The Morgan fingerprint density at radius 2 is 1.96 bits per heavy atom. The predicted molar refractivity (Wildman–Crippen MR) is 114 cm³/mol. The van der Waals surface area contributed by atoms with Gasteiger partial charge in [0.1, 0.15) is 12.4 Å². The van der Waals surface area contributed by atoms with Gasteiger partial charge in [0.2, 0.25) is 0 Å². The van der Waals surface area contributed by atoms with Crippen LogP contribution in [0.4, 0.5) is 0 Å². The normalized spacial score (nSPS) is 10.8. The van der Waals surface area contributed by atoms with E-state index in [4.69, 9.17) is 16.3 Å². The number of benzene rings is 1. The lowest BCUT2D eigenvalue weighted by molar-refractivity contribution is 0.281. The van der Waals surface area contributed by atoms with E-state index < -0.39 is 0 Å². The molecule has 0 saturated carbocycles. The van der Waals surface area contributed by atoms with Crippen molar-refractivity contribution in [1.82, 2.24) is 15.2 Å². The van der Waals surface area contributed by atoms with Crippen molar-refractivity contribution in [1.29, 1.82) is 0 Å². The van der Waals surface area contributed by atoms with E-state index in [0.29, 0.717) is 24.7 Å². The number of ether oxygens (including phenoxy) is 1. The van der Waals surface area contributed by atoms with E-state index in [9.17, 15) is 0 Å². The largest absolute Gasteiger partial charge is 0.492 e. The standard InChI is InChI=1S/C18H23ClN4O.HI/c1-14-5-4-6-16(22-14)13-21-18(20-2)23(3)11-12-24-17-9-7-15(19)8-10-17;/h4-10H,11-13H2,1-3H3,(H,20,21);1H. The minimum Gasteiger partial charge on any atom is -0.492 e. The molecule has 7 heteroatoms. The van der Waals surface area contributed by atoms with Gasteiger partial charge in [0.25, 0.3) is 0 Å². The molecule has 5 nitrogen and oxygen atoms in total. The van der Waals surface area contributed by atoms with Crippen LogP contribution >= 0.6 is 35.6 Å². The molecular formula is C18H24ClIN4O. The van der Waals surface area contributed by atoms with Gasteiger partial charge in [-0.3, -0.25) is 9.98 Å². The Morgan fingerprint density at radius 3 is 2.60 bits per heavy atom. The van der Waals surface area contributed by atoms with E-state index in [-0.39, 0.29) is 24.0 Å². The van der Waals surface area contributed by atoms with E-state index in [1.165, 1.54) is 0 Å². The van der Waals surface area contributed by atoms with Crippen LogP contribution in [-0.2, 0) is 6.54 Å². The van der Waals surface area contributed by atoms with Gasteiger partial charge >= 0.3 is 0 Å². The van der Waals surface area contributed by atoms with Crippen molar-refractivity contribution in [3.63, 3.8) is 0 Å². The lowest BCUT2D eigenvalue weighted by Crippen LogP contribution is -2.40. The SMILES string of the molecule is CN=C(NCc1cccc(C)n1)N(C)CCOc1ccc(Cl)cc1.I.